The summed E-state index contributed by atoms with van der Waals surface area (Å²) in [6, 6.07) is 8.75. The van der Waals surface area contributed by atoms with Crippen molar-refractivity contribution in [2.75, 3.05) is 26.7 Å². The molecular weight excluding hydrogens is 528 g/mol. The number of halogens is 6. The molecule has 2 N–H and O–H groups in total. The van der Waals surface area contributed by atoms with Crippen LogP contribution in [0, 0.1) is 5.92 Å². The minimum Gasteiger partial charge on any atom is -0.475 e. The second kappa shape index (κ2) is 13.6. The number of carboxylic acids is 2. The lowest BCUT2D eigenvalue weighted by molar-refractivity contribution is -0.193. The summed E-state index contributed by atoms with van der Waals surface area (Å²) in [5.74, 6) is -3.91. The Hall–Kier alpha value is -3.17. The quantitative estimate of drug-likeness (QED) is 0.534. The van der Waals surface area contributed by atoms with Crippen LogP contribution in [0.2, 0.25) is 0 Å². The molecule has 2 aromatic rings. The topological polar surface area (TPSA) is 116 Å². The summed E-state index contributed by atoms with van der Waals surface area (Å²) in [5.41, 5.74) is 1.29. The van der Waals surface area contributed by atoms with Crippen LogP contribution in [0.4, 0.5) is 26.3 Å². The molecule has 4 heterocycles. The van der Waals surface area contributed by atoms with Gasteiger partial charge in [-0.25, -0.2) is 9.59 Å². The fraction of sp³-hybridized carbons (Fsp3) is 0.522. The van der Waals surface area contributed by atoms with E-state index < -0.39 is 24.3 Å². The summed E-state index contributed by atoms with van der Waals surface area (Å²) in [7, 11) is 1.85. The normalized spacial score (nSPS) is 21.9. The average Bonchev–Trinajstić information content (AvgIpc) is 3.50. The number of carboxylic acid groups (broad SMARTS) is 2. The van der Waals surface area contributed by atoms with E-state index in [2.05, 4.69) is 26.9 Å². The summed E-state index contributed by atoms with van der Waals surface area (Å²) >= 11 is 0. The lowest BCUT2D eigenvalue weighted by atomic mass is 9.88. The van der Waals surface area contributed by atoms with Gasteiger partial charge in [0.1, 0.15) is 5.76 Å². The number of furan rings is 1. The largest absolute Gasteiger partial charge is 0.490 e. The number of pyridine rings is 1. The molecule has 0 spiro atoms. The average molecular weight is 555 g/mol. The van der Waals surface area contributed by atoms with Gasteiger partial charge in [0.05, 0.1) is 18.9 Å². The molecule has 0 aromatic carbocycles. The number of likely N-dealkylation sites (tertiary alicyclic amines) is 2. The fourth-order valence-electron chi connectivity index (χ4n) is 4.29. The number of aliphatic carboxylic acids is 2. The minimum absolute atomic E-state index is 0.363. The number of alkyl halides is 6. The van der Waals surface area contributed by atoms with Gasteiger partial charge in [0.15, 0.2) is 0 Å². The van der Waals surface area contributed by atoms with E-state index in [-0.39, 0.29) is 0 Å². The number of carbonyl (C=O) groups is 2. The van der Waals surface area contributed by atoms with E-state index in [4.69, 9.17) is 29.0 Å². The minimum atomic E-state index is -5.08. The number of hydrogen-bond donors (Lipinski definition) is 2. The van der Waals surface area contributed by atoms with Crippen molar-refractivity contribution in [3.63, 3.8) is 0 Å². The summed E-state index contributed by atoms with van der Waals surface area (Å²) in [5, 5.41) is 14.2. The zero-order chi connectivity index (χ0) is 28.5. The molecule has 15 heteroatoms. The standard InChI is InChI=1S/C19H25N3O2.2C2HF3O2/c1-23-19-6-8-22(11-15-4-2-7-20-10-15)18-14-21(13-17(18)19)12-16-5-3-9-24-16;2*3-2(4,5)1(6)7/h2-5,7,9-10,17-19H,6,8,11-14H2,1H3;2*(H,6,7)/t17-,18+,19+;;/m0../s1. The van der Waals surface area contributed by atoms with Gasteiger partial charge in [-0.05, 0) is 30.2 Å². The number of piperidine rings is 1. The predicted molar refractivity (Wildman–Crippen MR) is 119 cm³/mol. The first-order valence-electron chi connectivity index (χ1n) is 11.2. The summed E-state index contributed by atoms with van der Waals surface area (Å²) in [4.78, 5) is 27.2. The Balaban J connectivity index is 0.000000301. The Labute approximate surface area is 213 Å². The number of rotatable bonds is 5. The van der Waals surface area contributed by atoms with E-state index in [1.165, 1.54) is 5.56 Å². The molecule has 212 valence electrons. The van der Waals surface area contributed by atoms with Gasteiger partial charge in [0.2, 0.25) is 0 Å². The first kappa shape index (κ1) is 31.1. The molecule has 2 aliphatic heterocycles. The van der Waals surface area contributed by atoms with Gasteiger partial charge in [-0.2, -0.15) is 26.3 Å². The third kappa shape index (κ3) is 9.61. The predicted octanol–water partition coefficient (Wildman–Crippen LogP) is 3.66. The molecule has 0 unspecified atom stereocenters. The van der Waals surface area contributed by atoms with Crippen LogP contribution >= 0.6 is 0 Å². The first-order chi connectivity index (χ1) is 17.7. The van der Waals surface area contributed by atoms with Gasteiger partial charge in [-0.1, -0.05) is 6.07 Å². The molecule has 0 amide bonds. The van der Waals surface area contributed by atoms with Crippen LogP contribution in [0.5, 0.6) is 0 Å². The maximum Gasteiger partial charge on any atom is 0.490 e. The molecule has 2 fully saturated rings. The van der Waals surface area contributed by atoms with Crippen LogP contribution in [-0.4, -0.2) is 88.2 Å². The highest BCUT2D eigenvalue weighted by molar-refractivity contribution is 5.73. The Morgan fingerprint density at radius 3 is 2.16 bits per heavy atom. The number of aromatic nitrogens is 1. The Kier molecular flexibility index (Phi) is 11.1. The molecule has 2 saturated heterocycles. The highest BCUT2D eigenvalue weighted by atomic mass is 19.4. The van der Waals surface area contributed by atoms with Gasteiger partial charge < -0.3 is 19.4 Å². The van der Waals surface area contributed by atoms with Crippen LogP contribution in [-0.2, 0) is 27.4 Å². The van der Waals surface area contributed by atoms with E-state index >= 15 is 0 Å². The SMILES string of the molecule is CO[C@@H]1CCN(Cc2cccnc2)[C@@H]2CN(Cc3ccco3)C[C@@H]21.O=C(O)C(F)(F)F.O=C(O)C(F)(F)F. The van der Waals surface area contributed by atoms with Crippen molar-refractivity contribution in [1.29, 1.82) is 0 Å². The van der Waals surface area contributed by atoms with E-state index in [9.17, 15) is 26.3 Å². The van der Waals surface area contributed by atoms with E-state index in [1.54, 1.807) is 6.26 Å². The van der Waals surface area contributed by atoms with Gasteiger partial charge in [0.25, 0.3) is 0 Å². The van der Waals surface area contributed by atoms with Gasteiger partial charge in [-0.3, -0.25) is 14.8 Å². The molecule has 38 heavy (non-hydrogen) atoms. The number of ether oxygens (including phenoxy) is 1. The van der Waals surface area contributed by atoms with Crippen molar-refractivity contribution in [3.05, 3.63) is 54.2 Å². The van der Waals surface area contributed by atoms with Crippen LogP contribution in [0.25, 0.3) is 0 Å². The first-order valence-corrected chi connectivity index (χ1v) is 11.2. The third-order valence-corrected chi connectivity index (χ3v) is 5.91. The molecule has 0 bridgehead atoms. The van der Waals surface area contributed by atoms with Crippen molar-refractivity contribution >= 4 is 11.9 Å². The Morgan fingerprint density at radius 1 is 1.05 bits per heavy atom. The summed E-state index contributed by atoms with van der Waals surface area (Å²) < 4.78 is 74.8. The van der Waals surface area contributed by atoms with Crippen LogP contribution in [0.1, 0.15) is 17.7 Å². The number of nitrogens with zero attached hydrogens (tertiary/aromatic N) is 3. The zero-order valence-corrected chi connectivity index (χ0v) is 20.2. The maximum absolute atomic E-state index is 10.6. The van der Waals surface area contributed by atoms with Gasteiger partial charge >= 0.3 is 24.3 Å². The smallest absolute Gasteiger partial charge is 0.475 e. The lowest BCUT2D eigenvalue weighted by Crippen LogP contribution is -2.50. The highest BCUT2D eigenvalue weighted by Gasteiger charge is 2.44. The number of fused-ring (bicyclic) bond motifs is 1. The molecule has 0 aliphatic carbocycles. The van der Waals surface area contributed by atoms with Crippen LogP contribution < -0.4 is 0 Å². The van der Waals surface area contributed by atoms with Crippen molar-refractivity contribution in [3.8, 4) is 0 Å². The van der Waals surface area contributed by atoms with E-state index in [0.717, 1.165) is 44.9 Å². The summed E-state index contributed by atoms with van der Waals surface area (Å²) in [6.45, 7) is 5.10. The van der Waals surface area contributed by atoms with E-state index in [1.807, 2.05) is 31.6 Å². The van der Waals surface area contributed by atoms with Crippen molar-refractivity contribution in [1.82, 2.24) is 14.8 Å². The Morgan fingerprint density at radius 2 is 1.68 bits per heavy atom. The van der Waals surface area contributed by atoms with Crippen LogP contribution in [0.15, 0.2) is 47.3 Å². The van der Waals surface area contributed by atoms with Gasteiger partial charge in [0, 0.05) is 57.6 Å². The molecule has 2 aromatic heterocycles. The van der Waals surface area contributed by atoms with Crippen LogP contribution in [0.3, 0.4) is 0 Å². The molecule has 2 aliphatic rings. The molecular formula is C23H27F6N3O6. The number of methoxy groups -OCH3 is 1. The molecule has 4 rings (SSSR count). The Bertz CT molecular complexity index is 979. The third-order valence-electron chi connectivity index (χ3n) is 5.91. The monoisotopic (exact) mass is 555 g/mol. The second-order valence-electron chi connectivity index (χ2n) is 8.51. The molecule has 3 atom stereocenters. The van der Waals surface area contributed by atoms with Crippen molar-refractivity contribution < 1.29 is 55.3 Å². The van der Waals surface area contributed by atoms with Crippen molar-refractivity contribution in [2.24, 2.45) is 5.92 Å². The van der Waals surface area contributed by atoms with E-state index in [0.29, 0.717) is 18.1 Å². The number of hydrogen-bond acceptors (Lipinski definition) is 7. The lowest BCUT2D eigenvalue weighted by Gasteiger charge is -2.41. The summed E-state index contributed by atoms with van der Waals surface area (Å²) in [6.07, 6.45) is -3.13. The molecule has 0 saturated carbocycles. The fourth-order valence-corrected chi connectivity index (χ4v) is 4.29. The maximum atomic E-state index is 10.6. The van der Waals surface area contributed by atoms with Gasteiger partial charge in [-0.15, -0.1) is 0 Å². The van der Waals surface area contributed by atoms with Crippen molar-refractivity contribution in [2.45, 2.75) is 44.0 Å². The molecule has 0 radical (unpaired) electrons. The molecule has 9 nitrogen and oxygen atoms in total. The highest BCUT2D eigenvalue weighted by Crippen LogP contribution is 2.34. The second-order valence-corrected chi connectivity index (χ2v) is 8.51. The zero-order valence-electron chi connectivity index (χ0n) is 20.2.